The van der Waals surface area contributed by atoms with Gasteiger partial charge in [0.25, 0.3) is 0 Å². The molecule has 0 bridgehead atoms. The van der Waals surface area contributed by atoms with Gasteiger partial charge in [0.15, 0.2) is 5.17 Å². The summed E-state index contributed by atoms with van der Waals surface area (Å²) >= 11 is 1.70. The summed E-state index contributed by atoms with van der Waals surface area (Å²) in [4.78, 5) is 7.32. The van der Waals surface area contributed by atoms with Crippen molar-refractivity contribution < 1.29 is 0 Å². The van der Waals surface area contributed by atoms with E-state index in [1.807, 2.05) is 6.07 Å². The number of nitrogens with one attached hydrogen (secondary N) is 1. The van der Waals surface area contributed by atoms with Crippen LogP contribution in [0.5, 0.6) is 0 Å². The van der Waals surface area contributed by atoms with Crippen molar-refractivity contribution >= 4 is 22.6 Å². The van der Waals surface area contributed by atoms with Gasteiger partial charge in [0, 0.05) is 5.41 Å². The van der Waals surface area contributed by atoms with Gasteiger partial charge in [0.2, 0.25) is 0 Å². The molecule has 2 unspecified atom stereocenters. The van der Waals surface area contributed by atoms with Crippen molar-refractivity contribution in [1.29, 1.82) is 0 Å². The van der Waals surface area contributed by atoms with E-state index in [0.717, 1.165) is 5.17 Å². The van der Waals surface area contributed by atoms with Gasteiger partial charge in [-0.05, 0) is 16.7 Å². The molecular formula is C23H19N3S. The van der Waals surface area contributed by atoms with Gasteiger partial charge in [-0.25, -0.2) is 4.99 Å². The number of hydrogen-bond acceptors (Lipinski definition) is 4. The molecule has 0 saturated heterocycles. The lowest BCUT2D eigenvalue weighted by molar-refractivity contribution is 0.298. The Morgan fingerprint density at radius 1 is 0.741 bits per heavy atom. The third-order valence-electron chi connectivity index (χ3n) is 4.86. The first-order chi connectivity index (χ1) is 13.4. The minimum Gasteiger partial charge on any atom is -0.299 e. The largest absolute Gasteiger partial charge is 0.299 e. The second-order valence-corrected chi connectivity index (χ2v) is 7.40. The van der Waals surface area contributed by atoms with Crippen molar-refractivity contribution in [2.24, 2.45) is 4.99 Å². The minimum atomic E-state index is -0.0568. The Kier molecular flexibility index (Phi) is 4.28. The molecule has 0 aromatic heterocycles. The van der Waals surface area contributed by atoms with Crippen molar-refractivity contribution in [3.05, 3.63) is 113 Å². The van der Waals surface area contributed by atoms with Gasteiger partial charge in [-0.1, -0.05) is 103 Å². The highest BCUT2D eigenvalue weighted by molar-refractivity contribution is 8.16. The Morgan fingerprint density at radius 3 is 2.00 bits per heavy atom. The minimum absolute atomic E-state index is 0.0327. The SMILES string of the molecule is C1=C(c2ccccc2)N2C(=NC(c3ccccc3)NC2c2ccccc2)S1. The number of nitrogens with zero attached hydrogens (tertiary/aromatic N) is 2. The summed E-state index contributed by atoms with van der Waals surface area (Å²) in [6.45, 7) is 0. The lowest BCUT2D eigenvalue weighted by Gasteiger charge is -2.39. The van der Waals surface area contributed by atoms with Crippen molar-refractivity contribution in [2.75, 3.05) is 0 Å². The van der Waals surface area contributed by atoms with Crippen LogP contribution in [0, 0.1) is 0 Å². The molecule has 0 amide bonds. The van der Waals surface area contributed by atoms with E-state index in [0.29, 0.717) is 0 Å². The molecule has 0 spiro atoms. The third-order valence-corrected chi connectivity index (χ3v) is 5.71. The topological polar surface area (TPSA) is 27.6 Å². The zero-order valence-electron chi connectivity index (χ0n) is 14.7. The smallest absolute Gasteiger partial charge is 0.171 e. The van der Waals surface area contributed by atoms with Gasteiger partial charge >= 0.3 is 0 Å². The fraction of sp³-hybridized carbons (Fsp3) is 0.0870. The van der Waals surface area contributed by atoms with Crippen molar-refractivity contribution in [2.45, 2.75) is 12.3 Å². The molecule has 3 aromatic rings. The summed E-state index contributed by atoms with van der Waals surface area (Å²) in [5.74, 6) is 0. The summed E-state index contributed by atoms with van der Waals surface area (Å²) in [5.41, 5.74) is 4.80. The van der Waals surface area contributed by atoms with E-state index in [4.69, 9.17) is 4.99 Å². The van der Waals surface area contributed by atoms with E-state index >= 15 is 0 Å². The number of aliphatic imine (C=N–C) groups is 1. The van der Waals surface area contributed by atoms with Gasteiger partial charge in [-0.2, -0.15) is 0 Å². The number of benzene rings is 3. The molecule has 0 saturated carbocycles. The molecule has 2 atom stereocenters. The van der Waals surface area contributed by atoms with Gasteiger partial charge < -0.3 is 0 Å². The van der Waals surface area contributed by atoms with Crippen LogP contribution in [0.25, 0.3) is 5.70 Å². The molecule has 2 heterocycles. The van der Waals surface area contributed by atoms with Crippen molar-refractivity contribution in [1.82, 2.24) is 10.2 Å². The first-order valence-corrected chi connectivity index (χ1v) is 9.93. The molecule has 4 heteroatoms. The Labute approximate surface area is 163 Å². The predicted molar refractivity (Wildman–Crippen MR) is 113 cm³/mol. The fourth-order valence-electron chi connectivity index (χ4n) is 3.54. The summed E-state index contributed by atoms with van der Waals surface area (Å²) < 4.78 is 0. The zero-order valence-corrected chi connectivity index (χ0v) is 15.5. The van der Waals surface area contributed by atoms with Crippen LogP contribution in [0.15, 0.2) is 101 Å². The summed E-state index contributed by atoms with van der Waals surface area (Å²) in [7, 11) is 0. The van der Waals surface area contributed by atoms with Gasteiger partial charge in [0.1, 0.15) is 12.3 Å². The maximum absolute atomic E-state index is 5.01. The number of rotatable bonds is 3. The van der Waals surface area contributed by atoms with E-state index in [2.05, 4.69) is 101 Å². The average Bonchev–Trinajstić information content (AvgIpc) is 3.19. The van der Waals surface area contributed by atoms with E-state index in [9.17, 15) is 0 Å². The summed E-state index contributed by atoms with van der Waals surface area (Å²) in [6.07, 6.45) is -0.0240. The van der Waals surface area contributed by atoms with Crippen LogP contribution in [-0.2, 0) is 0 Å². The van der Waals surface area contributed by atoms with Crippen LogP contribution in [0.2, 0.25) is 0 Å². The summed E-state index contributed by atoms with van der Waals surface area (Å²) in [6, 6.07) is 31.5. The Balaban J connectivity index is 1.59. The van der Waals surface area contributed by atoms with Crippen LogP contribution < -0.4 is 5.32 Å². The van der Waals surface area contributed by atoms with Crippen molar-refractivity contribution in [3.8, 4) is 0 Å². The molecule has 2 aliphatic heterocycles. The van der Waals surface area contributed by atoms with E-state index in [-0.39, 0.29) is 12.3 Å². The quantitative estimate of drug-likeness (QED) is 0.671. The Bertz CT molecular complexity index is 984. The lowest BCUT2D eigenvalue weighted by Crippen LogP contribution is -2.44. The molecule has 0 radical (unpaired) electrons. The van der Waals surface area contributed by atoms with Crippen molar-refractivity contribution in [3.63, 3.8) is 0 Å². The molecule has 0 fully saturated rings. The Morgan fingerprint density at radius 2 is 1.33 bits per heavy atom. The highest BCUT2D eigenvalue weighted by atomic mass is 32.2. The number of thioether (sulfide) groups is 1. The number of hydrogen-bond donors (Lipinski definition) is 1. The van der Waals surface area contributed by atoms with E-state index < -0.39 is 0 Å². The van der Waals surface area contributed by atoms with Crippen LogP contribution in [0.4, 0.5) is 0 Å². The maximum Gasteiger partial charge on any atom is 0.171 e. The monoisotopic (exact) mass is 369 g/mol. The first kappa shape index (κ1) is 16.4. The Hall–Kier alpha value is -2.82. The third kappa shape index (κ3) is 3.07. The first-order valence-electron chi connectivity index (χ1n) is 9.05. The number of amidine groups is 1. The standard InChI is InChI=1S/C23H19N3S/c1-4-10-17(11-5-1)20-16-27-23-25-21(18-12-6-2-7-13-18)24-22(26(20)23)19-14-8-3-9-15-19/h1-16,21-22,24H. The fourth-order valence-corrected chi connectivity index (χ4v) is 4.49. The highest BCUT2D eigenvalue weighted by Crippen LogP contribution is 2.43. The molecule has 27 heavy (non-hydrogen) atoms. The molecule has 1 N–H and O–H groups in total. The van der Waals surface area contributed by atoms with Crippen LogP contribution in [0.3, 0.4) is 0 Å². The van der Waals surface area contributed by atoms with Crippen LogP contribution in [-0.4, -0.2) is 10.1 Å². The molecule has 2 aliphatic rings. The van der Waals surface area contributed by atoms with Gasteiger partial charge in [-0.3, -0.25) is 10.2 Å². The molecular weight excluding hydrogens is 350 g/mol. The second-order valence-electron chi connectivity index (χ2n) is 6.56. The van der Waals surface area contributed by atoms with Gasteiger partial charge in [-0.15, -0.1) is 0 Å². The average molecular weight is 369 g/mol. The van der Waals surface area contributed by atoms with E-state index in [1.54, 1.807) is 11.8 Å². The normalized spacial score (nSPS) is 21.4. The molecule has 3 nitrogen and oxygen atoms in total. The molecule has 0 aliphatic carbocycles. The van der Waals surface area contributed by atoms with E-state index in [1.165, 1.54) is 22.4 Å². The van der Waals surface area contributed by atoms with Crippen LogP contribution in [0.1, 0.15) is 29.0 Å². The predicted octanol–water partition coefficient (Wildman–Crippen LogP) is 5.39. The zero-order chi connectivity index (χ0) is 18.1. The molecule has 132 valence electrons. The van der Waals surface area contributed by atoms with Gasteiger partial charge in [0.05, 0.1) is 5.70 Å². The highest BCUT2D eigenvalue weighted by Gasteiger charge is 2.37. The van der Waals surface area contributed by atoms with Crippen LogP contribution >= 0.6 is 11.8 Å². The summed E-state index contributed by atoms with van der Waals surface area (Å²) in [5, 5.41) is 6.99. The maximum atomic E-state index is 5.01. The second kappa shape index (κ2) is 7.06. The number of fused-ring (bicyclic) bond motifs is 1. The molecule has 3 aromatic carbocycles. The lowest BCUT2D eigenvalue weighted by atomic mass is 10.1. The molecule has 5 rings (SSSR count).